The molecule has 33 heavy (non-hydrogen) atoms. The van der Waals surface area contributed by atoms with Gasteiger partial charge in [0.1, 0.15) is 11.7 Å². The summed E-state index contributed by atoms with van der Waals surface area (Å²) in [5.41, 5.74) is 10.2. The minimum Gasteiger partial charge on any atom is -0.396 e. The van der Waals surface area contributed by atoms with Gasteiger partial charge in [0.05, 0.1) is 17.9 Å². The zero-order chi connectivity index (χ0) is 23.5. The molecule has 0 saturated heterocycles. The molecule has 2 aromatic rings. The number of aliphatic hydroxyl groups is 1. The van der Waals surface area contributed by atoms with Crippen molar-refractivity contribution in [2.24, 2.45) is 15.7 Å². The standard InChI is InChI=1S/C26H37N5OS/c1-3-4-12-25-29-20(2)26(27)30-23-13-16-33-24(23)19-31(25)18-22-11-7-6-10-21(22)17-28-14-8-5-9-15-32/h6-7,10-11,13,16,28,32H,2-5,8-9,12,14-15,17-19H2,1H3,(H2,27,30)/b29-25-. The molecule has 1 aromatic carbocycles. The van der Waals surface area contributed by atoms with E-state index in [1.54, 1.807) is 11.3 Å². The highest BCUT2D eigenvalue weighted by atomic mass is 32.1. The second-order valence-electron chi connectivity index (χ2n) is 8.39. The summed E-state index contributed by atoms with van der Waals surface area (Å²) in [5.74, 6) is 1.41. The predicted molar refractivity (Wildman–Crippen MR) is 140 cm³/mol. The lowest BCUT2D eigenvalue weighted by molar-refractivity contribution is 0.283. The second-order valence-corrected chi connectivity index (χ2v) is 9.39. The molecular weight excluding hydrogens is 430 g/mol. The van der Waals surface area contributed by atoms with E-state index >= 15 is 0 Å². The molecule has 3 rings (SSSR count). The van der Waals surface area contributed by atoms with Gasteiger partial charge in [0.25, 0.3) is 0 Å². The third-order valence-corrected chi connectivity index (χ3v) is 6.68. The normalized spacial score (nSPS) is 17.4. The molecule has 1 aliphatic rings. The summed E-state index contributed by atoms with van der Waals surface area (Å²) in [4.78, 5) is 13.0. The number of aliphatic imine (C=N–C) groups is 2. The Hall–Kier alpha value is -2.48. The van der Waals surface area contributed by atoms with Crippen molar-refractivity contribution < 1.29 is 5.11 Å². The first kappa shape index (κ1) is 25.1. The third-order valence-electron chi connectivity index (χ3n) is 5.78. The van der Waals surface area contributed by atoms with Gasteiger partial charge in [-0.3, -0.25) is 0 Å². The molecule has 0 unspecified atom stereocenters. The van der Waals surface area contributed by atoms with Crippen LogP contribution in [0.25, 0.3) is 0 Å². The molecule has 0 saturated carbocycles. The summed E-state index contributed by atoms with van der Waals surface area (Å²) < 4.78 is 0. The highest BCUT2D eigenvalue weighted by Crippen LogP contribution is 2.30. The molecule has 178 valence electrons. The molecule has 0 bridgehead atoms. The topological polar surface area (TPSA) is 86.2 Å². The minimum atomic E-state index is 0.273. The Kier molecular flexibility index (Phi) is 10.1. The summed E-state index contributed by atoms with van der Waals surface area (Å²) >= 11 is 1.71. The van der Waals surface area contributed by atoms with Crippen LogP contribution in [0.5, 0.6) is 0 Å². The van der Waals surface area contributed by atoms with Crippen LogP contribution < -0.4 is 11.1 Å². The number of nitrogens with one attached hydrogen (secondary N) is 1. The molecule has 0 radical (unpaired) electrons. The Labute approximate surface area is 202 Å². The van der Waals surface area contributed by atoms with Crippen LogP contribution in [0.1, 0.15) is 61.5 Å². The van der Waals surface area contributed by atoms with Crippen LogP contribution in [-0.2, 0) is 19.6 Å². The number of unbranched alkanes of at least 4 members (excludes halogenated alkanes) is 3. The van der Waals surface area contributed by atoms with E-state index in [0.717, 1.165) is 76.2 Å². The molecule has 1 aliphatic heterocycles. The van der Waals surface area contributed by atoms with Crippen LogP contribution in [0.4, 0.5) is 5.69 Å². The molecule has 0 atom stereocenters. The van der Waals surface area contributed by atoms with Crippen LogP contribution in [0.15, 0.2) is 58.0 Å². The van der Waals surface area contributed by atoms with Gasteiger partial charge in [-0.25, -0.2) is 9.98 Å². The lowest BCUT2D eigenvalue weighted by Crippen LogP contribution is -2.31. The van der Waals surface area contributed by atoms with Gasteiger partial charge < -0.3 is 21.1 Å². The number of benzene rings is 1. The van der Waals surface area contributed by atoms with E-state index in [4.69, 9.17) is 15.8 Å². The van der Waals surface area contributed by atoms with Crippen LogP contribution >= 0.6 is 11.3 Å². The molecule has 0 fully saturated rings. The SMILES string of the molecule is C=C1/N=C(/CCCC)N(Cc2ccccc2CNCCCCCO)Cc2sccc2/N=C\1N. The van der Waals surface area contributed by atoms with Gasteiger partial charge in [-0.1, -0.05) is 44.2 Å². The molecular formula is C26H37N5OS. The first-order valence-corrected chi connectivity index (χ1v) is 12.8. The third kappa shape index (κ3) is 7.52. The van der Waals surface area contributed by atoms with Crippen molar-refractivity contribution in [3.8, 4) is 0 Å². The van der Waals surface area contributed by atoms with Crippen molar-refractivity contribution in [1.82, 2.24) is 10.2 Å². The molecule has 2 heterocycles. The van der Waals surface area contributed by atoms with Gasteiger partial charge >= 0.3 is 0 Å². The Morgan fingerprint density at radius 2 is 1.94 bits per heavy atom. The van der Waals surface area contributed by atoms with E-state index in [1.807, 2.05) is 6.07 Å². The zero-order valence-corrected chi connectivity index (χ0v) is 20.5. The van der Waals surface area contributed by atoms with Gasteiger partial charge in [0.2, 0.25) is 0 Å². The Bertz CT molecular complexity index is 965. The number of nitrogens with two attached hydrogens (primary N) is 1. The maximum Gasteiger partial charge on any atom is 0.149 e. The fourth-order valence-corrected chi connectivity index (χ4v) is 4.67. The average Bonchev–Trinajstić information content (AvgIpc) is 3.26. The smallest absolute Gasteiger partial charge is 0.149 e. The maximum absolute atomic E-state index is 8.95. The highest BCUT2D eigenvalue weighted by molar-refractivity contribution is 7.10. The fraction of sp³-hybridized carbons (Fsp3) is 0.462. The first-order valence-electron chi connectivity index (χ1n) is 11.9. The summed E-state index contributed by atoms with van der Waals surface area (Å²) in [7, 11) is 0. The Morgan fingerprint density at radius 1 is 1.12 bits per heavy atom. The molecule has 0 amide bonds. The summed E-state index contributed by atoms with van der Waals surface area (Å²) in [5, 5.41) is 14.6. The minimum absolute atomic E-state index is 0.273. The van der Waals surface area contributed by atoms with Gasteiger partial charge in [-0.2, -0.15) is 0 Å². The summed E-state index contributed by atoms with van der Waals surface area (Å²) in [6.07, 6.45) is 6.05. The number of fused-ring (bicyclic) bond motifs is 1. The van der Waals surface area contributed by atoms with E-state index in [1.165, 1.54) is 16.0 Å². The molecule has 1 aromatic heterocycles. The zero-order valence-electron chi connectivity index (χ0n) is 19.7. The predicted octanol–water partition coefficient (Wildman–Crippen LogP) is 5.11. The van der Waals surface area contributed by atoms with Gasteiger partial charge in [0, 0.05) is 31.0 Å². The molecule has 6 nitrogen and oxygen atoms in total. The van der Waals surface area contributed by atoms with Crippen molar-refractivity contribution in [3.63, 3.8) is 0 Å². The lowest BCUT2D eigenvalue weighted by atomic mass is 10.1. The number of nitrogens with zero attached hydrogens (tertiary/aromatic N) is 3. The fourth-order valence-electron chi connectivity index (χ4n) is 3.84. The van der Waals surface area contributed by atoms with E-state index in [0.29, 0.717) is 11.5 Å². The number of aliphatic hydroxyl groups excluding tert-OH is 1. The van der Waals surface area contributed by atoms with Crippen molar-refractivity contribution in [2.75, 3.05) is 13.2 Å². The number of rotatable bonds is 12. The monoisotopic (exact) mass is 467 g/mol. The van der Waals surface area contributed by atoms with Crippen LogP contribution in [-0.4, -0.2) is 34.8 Å². The van der Waals surface area contributed by atoms with Crippen LogP contribution in [0.2, 0.25) is 0 Å². The number of amidine groups is 2. The maximum atomic E-state index is 8.95. The van der Waals surface area contributed by atoms with E-state index in [2.05, 4.69) is 58.4 Å². The second kappa shape index (κ2) is 13.3. The number of thiophene rings is 1. The average molecular weight is 468 g/mol. The molecule has 0 spiro atoms. The summed E-state index contributed by atoms with van der Waals surface area (Å²) in [6.45, 7) is 9.87. The Balaban J connectivity index is 1.81. The van der Waals surface area contributed by atoms with Crippen molar-refractivity contribution in [3.05, 3.63) is 64.0 Å². The van der Waals surface area contributed by atoms with Gasteiger partial charge in [-0.15, -0.1) is 11.3 Å². The lowest BCUT2D eigenvalue weighted by Gasteiger charge is -2.27. The number of hydrogen-bond acceptors (Lipinski definition) is 7. The first-order chi connectivity index (χ1) is 16.1. The van der Waals surface area contributed by atoms with Gasteiger partial charge in [-0.05, 0) is 54.8 Å². The Morgan fingerprint density at radius 3 is 2.73 bits per heavy atom. The van der Waals surface area contributed by atoms with Crippen LogP contribution in [0, 0.1) is 0 Å². The van der Waals surface area contributed by atoms with Crippen molar-refractivity contribution >= 4 is 28.7 Å². The highest BCUT2D eigenvalue weighted by Gasteiger charge is 2.19. The quantitative estimate of drug-likeness (QED) is 0.379. The van der Waals surface area contributed by atoms with Crippen LogP contribution in [0.3, 0.4) is 0 Å². The molecule has 7 heteroatoms. The van der Waals surface area contributed by atoms with Crippen molar-refractivity contribution in [2.45, 2.75) is 65.1 Å². The van der Waals surface area contributed by atoms with E-state index < -0.39 is 0 Å². The van der Waals surface area contributed by atoms with E-state index in [-0.39, 0.29) is 6.61 Å². The molecule has 0 aliphatic carbocycles. The number of hydrogen-bond donors (Lipinski definition) is 3. The molecule has 4 N–H and O–H groups in total. The summed E-state index contributed by atoms with van der Waals surface area (Å²) in [6, 6.07) is 10.6. The van der Waals surface area contributed by atoms with Gasteiger partial charge in [0.15, 0.2) is 0 Å². The van der Waals surface area contributed by atoms with Crippen molar-refractivity contribution in [1.29, 1.82) is 0 Å². The largest absolute Gasteiger partial charge is 0.396 e. The van der Waals surface area contributed by atoms with E-state index in [9.17, 15) is 0 Å².